The van der Waals surface area contributed by atoms with Crippen molar-refractivity contribution >= 4 is 23.6 Å². The van der Waals surface area contributed by atoms with Crippen LogP contribution in [0.1, 0.15) is 6.42 Å². The molecule has 0 aromatic carbocycles. The Morgan fingerprint density at radius 1 is 1.40 bits per heavy atom. The van der Waals surface area contributed by atoms with E-state index in [0.29, 0.717) is 0 Å². The van der Waals surface area contributed by atoms with Gasteiger partial charge in [0.2, 0.25) is 0 Å². The second kappa shape index (κ2) is 3.66. The van der Waals surface area contributed by atoms with Gasteiger partial charge in [-0.25, -0.2) is 4.98 Å². The minimum Gasteiger partial charge on any atom is -0.356 e. The second-order valence-electron chi connectivity index (χ2n) is 3.56. The van der Waals surface area contributed by atoms with Gasteiger partial charge in [-0.2, -0.15) is 0 Å². The number of hydrogen-bond acceptors (Lipinski definition) is 5. The molecule has 2 aliphatic heterocycles. The predicted octanol–water partition coefficient (Wildman–Crippen LogP) is 1.74. The molecule has 0 amide bonds. The zero-order valence-electron chi connectivity index (χ0n) is 8.26. The minimum atomic E-state index is 1.08. The SMILES string of the molecule is C1=CN(c2ccnc(N3CCC3)c2)SN1. The lowest BCUT2D eigenvalue weighted by Gasteiger charge is -2.32. The smallest absolute Gasteiger partial charge is 0.130 e. The van der Waals surface area contributed by atoms with E-state index in [-0.39, 0.29) is 0 Å². The first kappa shape index (κ1) is 8.91. The van der Waals surface area contributed by atoms with E-state index in [1.807, 2.05) is 24.7 Å². The average molecular weight is 220 g/mol. The van der Waals surface area contributed by atoms with E-state index in [1.165, 1.54) is 6.42 Å². The molecule has 1 aromatic rings. The molecule has 0 unspecified atom stereocenters. The van der Waals surface area contributed by atoms with Crippen LogP contribution in [0, 0.1) is 0 Å². The predicted molar refractivity (Wildman–Crippen MR) is 63.4 cm³/mol. The summed E-state index contributed by atoms with van der Waals surface area (Å²) in [6.07, 6.45) is 7.09. The molecule has 78 valence electrons. The maximum atomic E-state index is 4.38. The average Bonchev–Trinajstić information content (AvgIpc) is 2.68. The van der Waals surface area contributed by atoms with Crippen LogP contribution in [-0.4, -0.2) is 18.1 Å². The van der Waals surface area contributed by atoms with Crippen molar-refractivity contribution in [1.82, 2.24) is 9.71 Å². The minimum absolute atomic E-state index is 1.08. The third-order valence-corrected chi connectivity index (χ3v) is 3.36. The molecule has 0 aliphatic carbocycles. The van der Waals surface area contributed by atoms with E-state index >= 15 is 0 Å². The zero-order valence-corrected chi connectivity index (χ0v) is 9.07. The van der Waals surface area contributed by atoms with E-state index in [1.54, 1.807) is 12.1 Å². The molecule has 1 N–H and O–H groups in total. The summed E-state index contributed by atoms with van der Waals surface area (Å²) < 4.78 is 5.16. The topological polar surface area (TPSA) is 31.4 Å². The number of rotatable bonds is 2. The number of hydrogen-bond donors (Lipinski definition) is 1. The number of pyridine rings is 1. The van der Waals surface area contributed by atoms with Crippen LogP contribution in [0.25, 0.3) is 0 Å². The van der Waals surface area contributed by atoms with Crippen LogP contribution < -0.4 is 13.9 Å². The molecule has 0 saturated carbocycles. The Hall–Kier alpha value is -1.36. The maximum Gasteiger partial charge on any atom is 0.130 e. The highest BCUT2D eigenvalue weighted by atomic mass is 32.2. The van der Waals surface area contributed by atoms with Crippen LogP contribution in [0.5, 0.6) is 0 Å². The molecule has 4 nitrogen and oxygen atoms in total. The fourth-order valence-corrected chi connectivity index (χ4v) is 2.19. The fourth-order valence-electron chi connectivity index (χ4n) is 1.62. The van der Waals surface area contributed by atoms with E-state index in [2.05, 4.69) is 25.0 Å². The van der Waals surface area contributed by atoms with Crippen LogP contribution in [0.4, 0.5) is 11.5 Å². The summed E-state index contributed by atoms with van der Waals surface area (Å²) in [5, 5.41) is 0. The van der Waals surface area contributed by atoms with Crippen molar-refractivity contribution in [2.45, 2.75) is 6.42 Å². The van der Waals surface area contributed by atoms with Gasteiger partial charge in [0, 0.05) is 37.8 Å². The molecular formula is C10H12N4S. The molecule has 5 heteroatoms. The van der Waals surface area contributed by atoms with Crippen molar-refractivity contribution in [3.8, 4) is 0 Å². The first-order valence-electron chi connectivity index (χ1n) is 5.03. The van der Waals surface area contributed by atoms with Crippen molar-refractivity contribution in [3.63, 3.8) is 0 Å². The molecular weight excluding hydrogens is 208 g/mol. The van der Waals surface area contributed by atoms with E-state index < -0.39 is 0 Å². The normalized spacial score (nSPS) is 18.9. The quantitative estimate of drug-likeness (QED) is 0.767. The summed E-state index contributed by atoms with van der Waals surface area (Å²) in [7, 11) is 0. The van der Waals surface area contributed by atoms with Crippen molar-refractivity contribution in [2.24, 2.45) is 0 Å². The van der Waals surface area contributed by atoms with Crippen LogP contribution in [-0.2, 0) is 0 Å². The number of nitrogens with zero attached hydrogens (tertiary/aromatic N) is 3. The second-order valence-corrected chi connectivity index (χ2v) is 4.38. The first-order valence-corrected chi connectivity index (χ1v) is 5.80. The van der Waals surface area contributed by atoms with Crippen molar-refractivity contribution in [1.29, 1.82) is 0 Å². The van der Waals surface area contributed by atoms with Gasteiger partial charge in [-0.1, -0.05) is 0 Å². The van der Waals surface area contributed by atoms with Gasteiger partial charge in [0.1, 0.15) is 5.82 Å². The maximum absolute atomic E-state index is 4.38. The highest BCUT2D eigenvalue weighted by Gasteiger charge is 2.17. The summed E-state index contributed by atoms with van der Waals surface area (Å²) in [6, 6.07) is 4.15. The molecule has 0 bridgehead atoms. The summed E-state index contributed by atoms with van der Waals surface area (Å²) in [5.41, 5.74) is 1.16. The van der Waals surface area contributed by atoms with Gasteiger partial charge in [0.25, 0.3) is 0 Å². The molecule has 1 fully saturated rings. The third kappa shape index (κ3) is 1.63. The van der Waals surface area contributed by atoms with Gasteiger partial charge in [-0.15, -0.1) is 0 Å². The van der Waals surface area contributed by atoms with Crippen LogP contribution >= 0.6 is 12.1 Å². The number of anilines is 2. The third-order valence-electron chi connectivity index (χ3n) is 2.59. The van der Waals surface area contributed by atoms with E-state index in [4.69, 9.17) is 0 Å². The Kier molecular flexibility index (Phi) is 2.17. The molecule has 0 spiro atoms. The lowest BCUT2D eigenvalue weighted by Crippen LogP contribution is -2.37. The largest absolute Gasteiger partial charge is 0.356 e. The highest BCUT2D eigenvalue weighted by molar-refractivity contribution is 7.99. The Bertz CT molecular complexity index is 389. The Balaban J connectivity index is 1.85. The van der Waals surface area contributed by atoms with Gasteiger partial charge >= 0.3 is 0 Å². The van der Waals surface area contributed by atoms with Crippen LogP contribution in [0.3, 0.4) is 0 Å². The zero-order chi connectivity index (χ0) is 10.1. The molecule has 1 aromatic heterocycles. The summed E-state index contributed by atoms with van der Waals surface area (Å²) in [6.45, 7) is 2.27. The van der Waals surface area contributed by atoms with Gasteiger partial charge in [0.15, 0.2) is 0 Å². The van der Waals surface area contributed by atoms with Gasteiger partial charge in [-0.05, 0) is 12.5 Å². The Morgan fingerprint density at radius 3 is 3.00 bits per heavy atom. The van der Waals surface area contributed by atoms with Gasteiger partial charge < -0.3 is 9.62 Å². The van der Waals surface area contributed by atoms with Crippen molar-refractivity contribution in [3.05, 3.63) is 30.7 Å². The van der Waals surface area contributed by atoms with Gasteiger partial charge in [0.05, 0.1) is 17.8 Å². The lowest BCUT2D eigenvalue weighted by molar-refractivity contribution is 0.610. The number of nitrogens with one attached hydrogen (secondary N) is 1. The first-order chi connectivity index (χ1) is 7.43. The lowest BCUT2D eigenvalue weighted by atomic mass is 10.2. The Morgan fingerprint density at radius 2 is 2.33 bits per heavy atom. The van der Waals surface area contributed by atoms with Crippen molar-refractivity contribution < 1.29 is 0 Å². The van der Waals surface area contributed by atoms with E-state index in [0.717, 1.165) is 24.6 Å². The molecule has 3 heterocycles. The monoisotopic (exact) mass is 220 g/mol. The van der Waals surface area contributed by atoms with E-state index in [9.17, 15) is 0 Å². The molecule has 2 aliphatic rings. The molecule has 0 radical (unpaired) electrons. The Labute approximate surface area is 93.2 Å². The molecule has 0 atom stereocenters. The molecule has 1 saturated heterocycles. The molecule has 3 rings (SSSR count). The number of aromatic nitrogens is 1. The highest BCUT2D eigenvalue weighted by Crippen LogP contribution is 2.28. The van der Waals surface area contributed by atoms with Crippen LogP contribution in [0.2, 0.25) is 0 Å². The summed E-state index contributed by atoms with van der Waals surface area (Å²) in [5.74, 6) is 1.08. The summed E-state index contributed by atoms with van der Waals surface area (Å²) in [4.78, 5) is 6.67. The fraction of sp³-hybridized carbons (Fsp3) is 0.300. The molecule has 15 heavy (non-hydrogen) atoms. The van der Waals surface area contributed by atoms with Crippen LogP contribution in [0.15, 0.2) is 30.7 Å². The van der Waals surface area contributed by atoms with Crippen molar-refractivity contribution in [2.75, 3.05) is 22.3 Å². The summed E-state index contributed by atoms with van der Waals surface area (Å²) >= 11 is 1.57. The van der Waals surface area contributed by atoms with Gasteiger partial charge in [-0.3, -0.25) is 4.31 Å². The standard InChI is InChI=1S/C10H12N4S/c1-5-13(6-1)10-8-9(2-3-11-10)14-7-4-12-15-14/h2-4,7-8,12H,1,5-6H2.